The summed E-state index contributed by atoms with van der Waals surface area (Å²) in [7, 11) is 0. The third-order valence-electron chi connectivity index (χ3n) is 4.77. The third-order valence-corrected chi connectivity index (χ3v) is 4.77. The number of nitrogens with zero attached hydrogens (tertiary/aromatic N) is 1. The summed E-state index contributed by atoms with van der Waals surface area (Å²) in [4.78, 5) is 26.5. The number of carbonyl (C=O) groups excluding carboxylic acids is 2. The molecule has 148 valence electrons. The fourth-order valence-electron chi connectivity index (χ4n) is 3.26. The van der Waals surface area contributed by atoms with Crippen LogP contribution in [0.4, 0.5) is 5.69 Å². The Kier molecular flexibility index (Phi) is 6.79. The van der Waals surface area contributed by atoms with E-state index in [2.05, 4.69) is 39.8 Å². The number of ether oxygens (including phenoxy) is 1. The summed E-state index contributed by atoms with van der Waals surface area (Å²) in [6, 6.07) is 15.1. The van der Waals surface area contributed by atoms with Crippen molar-refractivity contribution in [2.45, 2.75) is 19.9 Å². The predicted molar refractivity (Wildman–Crippen MR) is 109 cm³/mol. The van der Waals surface area contributed by atoms with E-state index < -0.39 is 0 Å². The van der Waals surface area contributed by atoms with Gasteiger partial charge in [0, 0.05) is 37.8 Å². The molecule has 0 bridgehead atoms. The molecule has 6 nitrogen and oxygen atoms in total. The number of anilines is 1. The maximum Gasteiger partial charge on any atom is 0.251 e. The lowest BCUT2D eigenvalue weighted by Gasteiger charge is -2.31. The van der Waals surface area contributed by atoms with Gasteiger partial charge in [0.1, 0.15) is 0 Å². The van der Waals surface area contributed by atoms with Crippen molar-refractivity contribution in [2.24, 2.45) is 0 Å². The number of morpholine rings is 1. The van der Waals surface area contributed by atoms with Gasteiger partial charge in [-0.2, -0.15) is 0 Å². The van der Waals surface area contributed by atoms with Gasteiger partial charge in [-0.25, -0.2) is 0 Å². The fraction of sp³-hybridized carbons (Fsp3) is 0.364. The van der Waals surface area contributed by atoms with Crippen LogP contribution < -0.4 is 10.6 Å². The Hall–Kier alpha value is -2.70. The first-order chi connectivity index (χ1) is 13.5. The van der Waals surface area contributed by atoms with E-state index in [4.69, 9.17) is 4.74 Å². The smallest absolute Gasteiger partial charge is 0.251 e. The Morgan fingerprint density at radius 1 is 1.11 bits per heavy atom. The zero-order valence-corrected chi connectivity index (χ0v) is 16.4. The van der Waals surface area contributed by atoms with Crippen molar-refractivity contribution < 1.29 is 14.3 Å². The number of benzene rings is 2. The van der Waals surface area contributed by atoms with E-state index in [0.717, 1.165) is 25.2 Å². The second-order valence-electron chi connectivity index (χ2n) is 7.11. The molecular formula is C22H27N3O3. The van der Waals surface area contributed by atoms with Crippen molar-refractivity contribution in [1.29, 1.82) is 0 Å². The predicted octanol–water partition coefficient (Wildman–Crippen LogP) is 2.76. The van der Waals surface area contributed by atoms with Gasteiger partial charge in [-0.3, -0.25) is 14.5 Å². The topological polar surface area (TPSA) is 70.7 Å². The zero-order chi connectivity index (χ0) is 19.9. The second-order valence-corrected chi connectivity index (χ2v) is 7.11. The van der Waals surface area contributed by atoms with Crippen LogP contribution in [-0.2, 0) is 9.53 Å². The molecule has 1 aliphatic heterocycles. The number of aryl methyl sites for hydroxylation is 1. The average Bonchev–Trinajstić information content (AvgIpc) is 2.68. The quantitative estimate of drug-likeness (QED) is 0.807. The average molecular weight is 381 g/mol. The van der Waals surface area contributed by atoms with Crippen LogP contribution in [0, 0.1) is 6.92 Å². The normalized spacial score (nSPS) is 15.6. The molecule has 2 aromatic rings. The van der Waals surface area contributed by atoms with Gasteiger partial charge in [0.25, 0.3) is 5.91 Å². The van der Waals surface area contributed by atoms with E-state index in [1.807, 2.05) is 6.92 Å². The molecule has 6 heteroatoms. The Labute approximate surface area is 165 Å². The standard InChI is InChI=1S/C22H27N3O3/c1-16-6-8-18(9-7-16)21(15-25-10-12-28-13-11-25)24-22(27)19-4-3-5-20(14-19)23-17(2)26/h3-9,14,21H,10-13,15H2,1-2H3,(H,23,26)(H,24,27)/t21-/m1/s1. The molecule has 1 aliphatic rings. The molecule has 2 N–H and O–H groups in total. The van der Waals surface area contributed by atoms with Crippen molar-refractivity contribution in [1.82, 2.24) is 10.2 Å². The van der Waals surface area contributed by atoms with Crippen LogP contribution in [0.5, 0.6) is 0 Å². The molecule has 2 amide bonds. The molecule has 0 radical (unpaired) electrons. The number of hydrogen-bond donors (Lipinski definition) is 2. The van der Waals surface area contributed by atoms with Gasteiger partial charge in [-0.15, -0.1) is 0 Å². The highest BCUT2D eigenvalue weighted by molar-refractivity contribution is 5.97. The highest BCUT2D eigenvalue weighted by atomic mass is 16.5. The summed E-state index contributed by atoms with van der Waals surface area (Å²) in [6.07, 6.45) is 0. The molecule has 1 saturated heterocycles. The Bertz CT molecular complexity index is 814. The van der Waals surface area contributed by atoms with Crippen molar-refractivity contribution in [3.05, 3.63) is 65.2 Å². The van der Waals surface area contributed by atoms with E-state index in [9.17, 15) is 9.59 Å². The van der Waals surface area contributed by atoms with E-state index in [1.165, 1.54) is 12.5 Å². The Balaban J connectivity index is 1.76. The highest BCUT2D eigenvalue weighted by Crippen LogP contribution is 2.18. The van der Waals surface area contributed by atoms with Crippen LogP contribution in [0.25, 0.3) is 0 Å². The van der Waals surface area contributed by atoms with Crippen molar-refractivity contribution in [2.75, 3.05) is 38.2 Å². The first kappa shape index (κ1) is 20.0. The van der Waals surface area contributed by atoms with E-state index in [1.54, 1.807) is 24.3 Å². The van der Waals surface area contributed by atoms with Crippen molar-refractivity contribution in [3.63, 3.8) is 0 Å². The lowest BCUT2D eigenvalue weighted by molar-refractivity contribution is -0.114. The maximum atomic E-state index is 12.9. The SMILES string of the molecule is CC(=O)Nc1cccc(C(=O)N[C@H](CN2CCOCC2)c2ccc(C)cc2)c1. The molecule has 0 aromatic heterocycles. The summed E-state index contributed by atoms with van der Waals surface area (Å²) in [5.74, 6) is -0.326. The van der Waals surface area contributed by atoms with Crippen LogP contribution in [0.15, 0.2) is 48.5 Å². The minimum absolute atomic E-state index is 0.129. The zero-order valence-electron chi connectivity index (χ0n) is 16.4. The van der Waals surface area contributed by atoms with Gasteiger partial charge in [0.15, 0.2) is 0 Å². The van der Waals surface area contributed by atoms with Gasteiger partial charge in [-0.1, -0.05) is 35.9 Å². The van der Waals surface area contributed by atoms with Gasteiger partial charge in [0.05, 0.1) is 19.3 Å². The van der Waals surface area contributed by atoms with Gasteiger partial charge in [0.2, 0.25) is 5.91 Å². The van der Waals surface area contributed by atoms with Crippen LogP contribution in [0.1, 0.15) is 34.5 Å². The number of rotatable bonds is 6. The van der Waals surface area contributed by atoms with E-state index in [-0.39, 0.29) is 17.9 Å². The van der Waals surface area contributed by atoms with Crippen molar-refractivity contribution >= 4 is 17.5 Å². The third kappa shape index (κ3) is 5.65. The molecule has 0 saturated carbocycles. The first-order valence-corrected chi connectivity index (χ1v) is 9.56. The molecular weight excluding hydrogens is 354 g/mol. The van der Waals surface area contributed by atoms with Crippen LogP contribution >= 0.6 is 0 Å². The summed E-state index contributed by atoms with van der Waals surface area (Å²) < 4.78 is 5.43. The number of amides is 2. The monoisotopic (exact) mass is 381 g/mol. The number of hydrogen-bond acceptors (Lipinski definition) is 4. The fourth-order valence-corrected chi connectivity index (χ4v) is 3.26. The molecule has 28 heavy (non-hydrogen) atoms. The Morgan fingerprint density at radius 3 is 2.50 bits per heavy atom. The molecule has 0 unspecified atom stereocenters. The molecule has 2 aromatic carbocycles. The summed E-state index contributed by atoms with van der Waals surface area (Å²) in [6.45, 7) is 7.37. The number of nitrogens with one attached hydrogen (secondary N) is 2. The molecule has 1 fully saturated rings. The minimum atomic E-state index is -0.164. The molecule has 1 atom stereocenters. The van der Waals surface area contributed by atoms with E-state index >= 15 is 0 Å². The lowest BCUT2D eigenvalue weighted by atomic mass is 10.0. The van der Waals surface area contributed by atoms with Crippen molar-refractivity contribution in [3.8, 4) is 0 Å². The number of carbonyl (C=O) groups is 2. The molecule has 0 spiro atoms. The van der Waals surface area contributed by atoms with Crippen LogP contribution in [0.3, 0.4) is 0 Å². The van der Waals surface area contributed by atoms with Crippen LogP contribution in [0.2, 0.25) is 0 Å². The lowest BCUT2D eigenvalue weighted by Crippen LogP contribution is -2.43. The van der Waals surface area contributed by atoms with Gasteiger partial charge < -0.3 is 15.4 Å². The van der Waals surface area contributed by atoms with E-state index in [0.29, 0.717) is 24.5 Å². The van der Waals surface area contributed by atoms with Gasteiger partial charge >= 0.3 is 0 Å². The largest absolute Gasteiger partial charge is 0.379 e. The first-order valence-electron chi connectivity index (χ1n) is 9.56. The minimum Gasteiger partial charge on any atom is -0.379 e. The van der Waals surface area contributed by atoms with Crippen LogP contribution in [-0.4, -0.2) is 49.6 Å². The molecule has 1 heterocycles. The summed E-state index contributed by atoms with van der Waals surface area (Å²) in [5, 5.41) is 5.88. The maximum absolute atomic E-state index is 12.9. The van der Waals surface area contributed by atoms with Gasteiger partial charge in [-0.05, 0) is 30.7 Å². The molecule has 0 aliphatic carbocycles. The summed E-state index contributed by atoms with van der Waals surface area (Å²) >= 11 is 0. The molecule has 3 rings (SSSR count). The summed E-state index contributed by atoms with van der Waals surface area (Å²) in [5.41, 5.74) is 3.39. The second kappa shape index (κ2) is 9.48. The highest BCUT2D eigenvalue weighted by Gasteiger charge is 2.21. The Morgan fingerprint density at radius 2 is 1.82 bits per heavy atom.